The molecule has 0 spiro atoms. The van der Waals surface area contributed by atoms with E-state index in [1.807, 2.05) is 0 Å². The Morgan fingerprint density at radius 2 is 0.656 bits per heavy atom. The third-order valence-corrected chi connectivity index (χ3v) is 11.4. The Morgan fingerprint density at radius 1 is 0.391 bits per heavy atom. The van der Waals surface area contributed by atoms with Crippen LogP contribution in [0, 0.1) is 0 Å². The summed E-state index contributed by atoms with van der Waals surface area (Å²) in [5.74, 6) is -0.771. The third-order valence-electron chi connectivity index (χ3n) is 7.54. The Hall–Kier alpha value is 0.605. The standard InChI is InChI=1S/C32H24Cl2N10O12S4.4K/c33-27-39-29(35-19-7-11-23(12-8-19)57(45,46)47)43-31(41-27)37-21-5-3-17(25(15-21)59(51,52)53)1-2-18-4-6-22(16-26(18)60(54,55)56)38-32-42-28(34)40-30(44-32)36-20-9-13-24(14-10-20)58(48,49)50;;;;/h1-16H,(H,45,46,47)(H,48,49,50)(H,51,52,53)(H,54,55,56)(H2,35,37,39,41,43)(H2,36,38,40,42,44);;;;/q;4*+1/p-4. The summed E-state index contributed by atoms with van der Waals surface area (Å²) in [6.07, 6.45) is 2.17. The summed E-state index contributed by atoms with van der Waals surface area (Å²) >= 11 is 12.0. The molecule has 0 aliphatic heterocycles. The molecule has 4 aromatic carbocycles. The number of nitrogens with one attached hydrogen (secondary N) is 4. The Labute approximate surface area is 545 Å². The first-order chi connectivity index (χ1) is 28.0. The fraction of sp³-hybridized carbons (Fsp3) is 0. The van der Waals surface area contributed by atoms with Crippen LogP contribution in [0.2, 0.25) is 10.6 Å². The molecule has 6 aromatic rings. The van der Waals surface area contributed by atoms with Crippen LogP contribution in [0.15, 0.2) is 105 Å². The maximum absolute atomic E-state index is 12.3. The van der Waals surface area contributed by atoms with Crippen LogP contribution in [0.4, 0.5) is 46.5 Å². The molecule has 0 fully saturated rings. The first-order valence-electron chi connectivity index (χ1n) is 15.9. The van der Waals surface area contributed by atoms with Gasteiger partial charge in [-0.25, -0.2) is 33.7 Å². The van der Waals surface area contributed by atoms with Gasteiger partial charge in [0.25, 0.3) is 0 Å². The van der Waals surface area contributed by atoms with Crippen LogP contribution in [0.25, 0.3) is 12.2 Å². The van der Waals surface area contributed by atoms with Gasteiger partial charge >= 0.3 is 206 Å². The number of aromatic nitrogens is 6. The van der Waals surface area contributed by atoms with Crippen molar-refractivity contribution in [1.82, 2.24) is 29.9 Å². The zero-order valence-corrected chi connectivity index (χ0v) is 50.5. The molecular formula is C32H20Cl2K4N10O12S4. The second-order valence-corrected chi connectivity index (χ2v) is 17.8. The predicted octanol–water partition coefficient (Wildman–Crippen LogP) is -7.86. The van der Waals surface area contributed by atoms with Crippen LogP contribution in [-0.2, 0) is 40.5 Å². The normalized spacial score (nSPS) is 11.5. The van der Waals surface area contributed by atoms with E-state index in [1.54, 1.807) is 0 Å². The topological polar surface area (TPSA) is 354 Å². The van der Waals surface area contributed by atoms with E-state index in [2.05, 4.69) is 51.2 Å². The van der Waals surface area contributed by atoms with Gasteiger partial charge in [-0.05, 0) is 107 Å². The van der Waals surface area contributed by atoms with Crippen molar-refractivity contribution in [3.05, 3.63) is 107 Å². The van der Waals surface area contributed by atoms with Crippen LogP contribution in [0.3, 0.4) is 0 Å². The van der Waals surface area contributed by atoms with E-state index in [0.29, 0.717) is 0 Å². The Bertz CT molecular complexity index is 2940. The number of hydrogen-bond acceptors (Lipinski definition) is 22. The van der Waals surface area contributed by atoms with E-state index in [9.17, 15) is 51.9 Å². The molecule has 0 saturated heterocycles. The molecule has 2 aromatic heterocycles. The Morgan fingerprint density at radius 3 is 0.922 bits per heavy atom. The second kappa shape index (κ2) is 25.6. The van der Waals surface area contributed by atoms with Crippen LogP contribution < -0.4 is 227 Å². The summed E-state index contributed by atoms with van der Waals surface area (Å²) in [5.41, 5.74) is 0.0369. The van der Waals surface area contributed by atoms with E-state index in [-0.39, 0.29) is 274 Å². The number of halogens is 2. The first kappa shape index (κ1) is 60.7. The van der Waals surface area contributed by atoms with Crippen molar-refractivity contribution in [2.75, 3.05) is 21.3 Å². The number of hydrogen-bond donors (Lipinski definition) is 4. The fourth-order valence-electron chi connectivity index (χ4n) is 4.96. The molecule has 0 bridgehead atoms. The summed E-state index contributed by atoms with van der Waals surface area (Å²) < 4.78 is 141. The summed E-state index contributed by atoms with van der Waals surface area (Å²) in [4.78, 5) is 21.3. The van der Waals surface area contributed by atoms with Crippen molar-refractivity contribution < 1.29 is 257 Å². The van der Waals surface area contributed by atoms with E-state index in [4.69, 9.17) is 23.2 Å². The largest absolute Gasteiger partial charge is 1.00 e. The molecule has 0 aliphatic rings. The molecule has 2 heterocycles. The first-order valence-corrected chi connectivity index (χ1v) is 22.3. The van der Waals surface area contributed by atoms with Gasteiger partial charge in [0.15, 0.2) is 0 Å². The van der Waals surface area contributed by atoms with E-state index < -0.39 is 60.1 Å². The van der Waals surface area contributed by atoms with Gasteiger partial charge in [-0.15, -0.1) is 0 Å². The third kappa shape index (κ3) is 17.8. The summed E-state index contributed by atoms with van der Waals surface area (Å²) in [7, 11) is -19.8. The number of benzene rings is 4. The van der Waals surface area contributed by atoms with Gasteiger partial charge in [0.1, 0.15) is 40.5 Å². The van der Waals surface area contributed by atoms with Crippen molar-refractivity contribution in [3.8, 4) is 0 Å². The van der Waals surface area contributed by atoms with Gasteiger partial charge in [0.2, 0.25) is 34.4 Å². The molecule has 0 saturated carbocycles. The number of nitrogens with zero attached hydrogens (tertiary/aromatic N) is 6. The van der Waals surface area contributed by atoms with E-state index in [0.717, 1.165) is 48.6 Å². The molecule has 6 rings (SSSR count). The molecule has 312 valence electrons. The van der Waals surface area contributed by atoms with Gasteiger partial charge in [-0.1, -0.05) is 24.3 Å². The van der Waals surface area contributed by atoms with Gasteiger partial charge < -0.3 is 39.5 Å². The zero-order chi connectivity index (χ0) is 43.6. The van der Waals surface area contributed by atoms with Gasteiger partial charge in [0, 0.05) is 22.7 Å². The van der Waals surface area contributed by atoms with Crippen molar-refractivity contribution in [2.45, 2.75) is 19.6 Å². The fourth-order valence-corrected chi connectivity index (χ4v) is 7.61. The van der Waals surface area contributed by atoms with Gasteiger partial charge in [-0.3, -0.25) is 0 Å². The molecule has 0 unspecified atom stereocenters. The number of anilines is 8. The molecule has 0 aliphatic carbocycles. The van der Waals surface area contributed by atoms with Crippen LogP contribution in [0.1, 0.15) is 11.1 Å². The molecule has 64 heavy (non-hydrogen) atoms. The zero-order valence-electron chi connectivity index (χ0n) is 33.2. The van der Waals surface area contributed by atoms with E-state index >= 15 is 0 Å². The second-order valence-electron chi connectivity index (χ2n) is 11.7. The van der Waals surface area contributed by atoms with Gasteiger partial charge in [0.05, 0.1) is 19.6 Å². The average molecular weight is 1090 g/mol. The van der Waals surface area contributed by atoms with Crippen molar-refractivity contribution in [1.29, 1.82) is 0 Å². The minimum Gasteiger partial charge on any atom is -0.744 e. The molecule has 32 heteroatoms. The van der Waals surface area contributed by atoms with Crippen molar-refractivity contribution >= 4 is 122 Å². The quantitative estimate of drug-likeness (QED) is 0.0447. The summed E-state index contributed by atoms with van der Waals surface area (Å²) in [6, 6.07) is 16.1. The molecule has 0 radical (unpaired) electrons. The minimum absolute atomic E-state index is 0. The van der Waals surface area contributed by atoms with Crippen molar-refractivity contribution in [3.63, 3.8) is 0 Å². The SMILES string of the molecule is O=S(=O)([O-])c1ccc(Nc2nc(Cl)nc(Nc3ccc(C=Cc4ccc(Nc5nc(Cl)nc(Nc6ccc(S(=O)(=O)[O-])cc6)n5)cc4S(=O)(=O)[O-])c(S(=O)(=O)[O-])c3)n2)cc1.[K+].[K+].[K+].[K+]. The van der Waals surface area contributed by atoms with E-state index in [1.165, 1.54) is 48.5 Å². The smallest absolute Gasteiger partial charge is 0.744 e. The molecular weight excluding hydrogens is 1070 g/mol. The molecule has 0 atom stereocenters. The summed E-state index contributed by atoms with van der Waals surface area (Å²) in [5, 5.41) is 10.1. The monoisotopic (exact) mass is 1090 g/mol. The minimum atomic E-state index is -5.20. The van der Waals surface area contributed by atoms with Crippen LogP contribution >= 0.6 is 23.2 Å². The molecule has 0 amide bonds. The maximum atomic E-state index is 12.3. The molecule has 22 nitrogen and oxygen atoms in total. The molecule has 4 N–H and O–H groups in total. The Kier molecular flexibility index (Phi) is 24.3. The van der Waals surface area contributed by atoms with Gasteiger partial charge in [-0.2, -0.15) is 29.9 Å². The maximum Gasteiger partial charge on any atom is 1.00 e. The Balaban J connectivity index is 0.00000352. The number of rotatable bonds is 14. The summed E-state index contributed by atoms with van der Waals surface area (Å²) in [6.45, 7) is 0. The van der Waals surface area contributed by atoms with Crippen LogP contribution in [0.5, 0.6) is 0 Å². The predicted molar refractivity (Wildman–Crippen MR) is 209 cm³/mol. The average Bonchev–Trinajstić information content (AvgIpc) is 3.13. The van der Waals surface area contributed by atoms with Crippen molar-refractivity contribution in [2.24, 2.45) is 0 Å². The van der Waals surface area contributed by atoms with Crippen LogP contribution in [-0.4, -0.2) is 81.8 Å².